The zero-order valence-electron chi connectivity index (χ0n) is 9.56. The smallest absolute Gasteiger partial charge is 0.258 e. The highest BCUT2D eigenvalue weighted by Gasteiger charge is 2.03. The number of ether oxygens (including phenoxy) is 1. The van der Waals surface area contributed by atoms with Gasteiger partial charge in [0.25, 0.3) is 5.91 Å². The second kappa shape index (κ2) is 6.12. The van der Waals surface area contributed by atoms with Crippen molar-refractivity contribution in [3.8, 4) is 5.75 Å². The Bertz CT molecular complexity index is 333. The largest absolute Gasteiger partial charge is 0.484 e. The molecule has 0 bridgehead atoms. The number of hydrogen-bond acceptors (Lipinski definition) is 3. The van der Waals surface area contributed by atoms with Gasteiger partial charge in [0, 0.05) is 6.04 Å². The van der Waals surface area contributed by atoms with Crippen molar-refractivity contribution in [1.82, 2.24) is 5.32 Å². The van der Waals surface area contributed by atoms with Crippen LogP contribution in [0.5, 0.6) is 5.75 Å². The molecule has 88 valence electrons. The van der Waals surface area contributed by atoms with Crippen molar-refractivity contribution < 1.29 is 14.6 Å². The fourth-order valence-corrected chi connectivity index (χ4v) is 1.20. The van der Waals surface area contributed by atoms with E-state index in [4.69, 9.17) is 9.84 Å². The van der Waals surface area contributed by atoms with E-state index >= 15 is 0 Å². The molecule has 0 heterocycles. The van der Waals surface area contributed by atoms with Crippen LogP contribution in [0.4, 0.5) is 0 Å². The van der Waals surface area contributed by atoms with E-state index in [0.29, 0.717) is 5.75 Å². The van der Waals surface area contributed by atoms with E-state index < -0.39 is 0 Å². The van der Waals surface area contributed by atoms with E-state index in [1.54, 1.807) is 24.3 Å². The summed E-state index contributed by atoms with van der Waals surface area (Å²) >= 11 is 0. The summed E-state index contributed by atoms with van der Waals surface area (Å²) in [5.41, 5.74) is 0.819. The number of hydrogen-bond donors (Lipinski definition) is 2. The molecule has 4 heteroatoms. The van der Waals surface area contributed by atoms with Crippen LogP contribution in [-0.4, -0.2) is 23.7 Å². The van der Waals surface area contributed by atoms with Crippen LogP contribution in [0.1, 0.15) is 19.4 Å². The zero-order chi connectivity index (χ0) is 12.0. The SMILES string of the molecule is CC(C)NC(=O)COc1ccc(CO)cc1. The van der Waals surface area contributed by atoms with Crippen LogP contribution in [0.2, 0.25) is 0 Å². The van der Waals surface area contributed by atoms with Crippen molar-refractivity contribution in [3.05, 3.63) is 29.8 Å². The standard InChI is InChI=1S/C12H17NO3/c1-9(2)13-12(15)8-16-11-5-3-10(7-14)4-6-11/h3-6,9,14H,7-8H2,1-2H3,(H,13,15). The molecule has 0 spiro atoms. The molecule has 2 N–H and O–H groups in total. The number of carbonyl (C=O) groups excluding carboxylic acids is 1. The summed E-state index contributed by atoms with van der Waals surface area (Å²) in [7, 11) is 0. The highest BCUT2D eigenvalue weighted by molar-refractivity contribution is 5.77. The maximum absolute atomic E-state index is 11.3. The van der Waals surface area contributed by atoms with Crippen LogP contribution in [0.15, 0.2) is 24.3 Å². The molecule has 1 aromatic rings. The fraction of sp³-hybridized carbons (Fsp3) is 0.417. The van der Waals surface area contributed by atoms with Crippen LogP contribution >= 0.6 is 0 Å². The summed E-state index contributed by atoms with van der Waals surface area (Å²) in [6, 6.07) is 7.10. The Morgan fingerprint density at radius 3 is 2.50 bits per heavy atom. The molecule has 0 unspecified atom stereocenters. The number of benzene rings is 1. The highest BCUT2D eigenvalue weighted by Crippen LogP contribution is 2.11. The number of aliphatic hydroxyl groups is 1. The van der Waals surface area contributed by atoms with Crippen molar-refractivity contribution in [2.45, 2.75) is 26.5 Å². The lowest BCUT2D eigenvalue weighted by Crippen LogP contribution is -2.34. The zero-order valence-corrected chi connectivity index (χ0v) is 9.56. The van der Waals surface area contributed by atoms with Crippen LogP contribution in [-0.2, 0) is 11.4 Å². The van der Waals surface area contributed by atoms with Gasteiger partial charge in [0.1, 0.15) is 5.75 Å². The lowest BCUT2D eigenvalue weighted by Gasteiger charge is -2.09. The molecule has 0 saturated carbocycles. The van der Waals surface area contributed by atoms with E-state index in [9.17, 15) is 4.79 Å². The second-order valence-corrected chi connectivity index (χ2v) is 3.81. The third kappa shape index (κ3) is 4.31. The van der Waals surface area contributed by atoms with Crippen LogP contribution < -0.4 is 10.1 Å². The molecule has 0 aromatic heterocycles. The maximum Gasteiger partial charge on any atom is 0.258 e. The Morgan fingerprint density at radius 2 is 2.00 bits per heavy atom. The Morgan fingerprint density at radius 1 is 1.38 bits per heavy atom. The van der Waals surface area contributed by atoms with Crippen molar-refractivity contribution in [3.63, 3.8) is 0 Å². The molecule has 0 aliphatic carbocycles. The summed E-state index contributed by atoms with van der Waals surface area (Å²) in [5, 5.41) is 11.6. The maximum atomic E-state index is 11.3. The molecule has 0 atom stereocenters. The van der Waals surface area contributed by atoms with Gasteiger partial charge in [0.2, 0.25) is 0 Å². The molecule has 4 nitrogen and oxygen atoms in total. The number of nitrogens with one attached hydrogen (secondary N) is 1. The third-order valence-electron chi connectivity index (χ3n) is 1.93. The highest BCUT2D eigenvalue weighted by atomic mass is 16.5. The van der Waals surface area contributed by atoms with Gasteiger partial charge in [0.05, 0.1) is 6.61 Å². The molecule has 0 aliphatic heterocycles. The van der Waals surface area contributed by atoms with Crippen LogP contribution in [0, 0.1) is 0 Å². The Labute approximate surface area is 95.2 Å². The van der Waals surface area contributed by atoms with Crippen molar-refractivity contribution >= 4 is 5.91 Å². The predicted octanol–water partition coefficient (Wildman–Crippen LogP) is 1.08. The summed E-state index contributed by atoms with van der Waals surface area (Å²) in [6.07, 6.45) is 0. The van der Waals surface area contributed by atoms with Gasteiger partial charge in [0.15, 0.2) is 6.61 Å². The average molecular weight is 223 g/mol. The van der Waals surface area contributed by atoms with Gasteiger partial charge in [-0.05, 0) is 31.5 Å². The van der Waals surface area contributed by atoms with Crippen LogP contribution in [0.3, 0.4) is 0 Å². The molecule has 16 heavy (non-hydrogen) atoms. The first kappa shape index (κ1) is 12.5. The molecular weight excluding hydrogens is 206 g/mol. The van der Waals surface area contributed by atoms with E-state index in [1.807, 2.05) is 13.8 Å². The van der Waals surface area contributed by atoms with Gasteiger partial charge in [-0.3, -0.25) is 4.79 Å². The van der Waals surface area contributed by atoms with Crippen LogP contribution in [0.25, 0.3) is 0 Å². The Balaban J connectivity index is 2.39. The first-order chi connectivity index (χ1) is 7.61. The number of carbonyl (C=O) groups is 1. The quantitative estimate of drug-likeness (QED) is 0.785. The van der Waals surface area contributed by atoms with Crippen molar-refractivity contribution in [2.75, 3.05) is 6.61 Å². The summed E-state index contributed by atoms with van der Waals surface area (Å²) in [4.78, 5) is 11.3. The second-order valence-electron chi connectivity index (χ2n) is 3.81. The molecular formula is C12H17NO3. The van der Waals surface area contributed by atoms with Gasteiger partial charge >= 0.3 is 0 Å². The summed E-state index contributed by atoms with van der Waals surface area (Å²) in [6.45, 7) is 3.81. The van der Waals surface area contributed by atoms with E-state index in [1.165, 1.54) is 0 Å². The number of rotatable bonds is 5. The first-order valence-electron chi connectivity index (χ1n) is 5.24. The Kier molecular flexibility index (Phi) is 4.79. The molecule has 0 fully saturated rings. The summed E-state index contributed by atoms with van der Waals surface area (Å²) in [5.74, 6) is 0.484. The monoisotopic (exact) mass is 223 g/mol. The van der Waals surface area contributed by atoms with E-state index in [2.05, 4.69) is 5.32 Å². The third-order valence-corrected chi connectivity index (χ3v) is 1.93. The fourth-order valence-electron chi connectivity index (χ4n) is 1.20. The minimum absolute atomic E-state index is 0.00805. The molecule has 0 radical (unpaired) electrons. The summed E-state index contributed by atoms with van der Waals surface area (Å²) < 4.78 is 5.27. The lowest BCUT2D eigenvalue weighted by molar-refractivity contribution is -0.123. The molecule has 1 amide bonds. The minimum Gasteiger partial charge on any atom is -0.484 e. The first-order valence-corrected chi connectivity index (χ1v) is 5.24. The Hall–Kier alpha value is -1.55. The van der Waals surface area contributed by atoms with Crippen molar-refractivity contribution in [2.24, 2.45) is 0 Å². The molecule has 0 aliphatic rings. The topological polar surface area (TPSA) is 58.6 Å². The minimum atomic E-state index is -0.138. The lowest BCUT2D eigenvalue weighted by atomic mass is 10.2. The number of aliphatic hydroxyl groups excluding tert-OH is 1. The number of amides is 1. The normalized spacial score (nSPS) is 10.2. The predicted molar refractivity (Wildman–Crippen MR) is 61.1 cm³/mol. The van der Waals surface area contributed by atoms with E-state index in [0.717, 1.165) is 5.56 Å². The molecule has 1 aromatic carbocycles. The van der Waals surface area contributed by atoms with Gasteiger partial charge in [-0.2, -0.15) is 0 Å². The molecule has 1 rings (SSSR count). The average Bonchev–Trinajstić information content (AvgIpc) is 2.26. The van der Waals surface area contributed by atoms with Crippen molar-refractivity contribution in [1.29, 1.82) is 0 Å². The van der Waals surface area contributed by atoms with Gasteiger partial charge < -0.3 is 15.2 Å². The van der Waals surface area contributed by atoms with Gasteiger partial charge in [-0.25, -0.2) is 0 Å². The molecule has 0 saturated heterocycles. The van der Waals surface area contributed by atoms with Gasteiger partial charge in [-0.15, -0.1) is 0 Å². The van der Waals surface area contributed by atoms with E-state index in [-0.39, 0.29) is 25.2 Å². The van der Waals surface area contributed by atoms with Gasteiger partial charge in [-0.1, -0.05) is 12.1 Å².